The van der Waals surface area contributed by atoms with Crippen molar-refractivity contribution >= 4 is 58.3 Å². The van der Waals surface area contributed by atoms with Gasteiger partial charge in [0.2, 0.25) is 23.1 Å². The highest BCUT2D eigenvalue weighted by atomic mass is 19.4. The number of aromatic nitrogens is 2. The van der Waals surface area contributed by atoms with Crippen molar-refractivity contribution in [2.45, 2.75) is 108 Å². The van der Waals surface area contributed by atoms with Crippen LogP contribution in [0.4, 0.5) is 46.5 Å². The molecule has 0 aliphatic carbocycles. The first-order chi connectivity index (χ1) is 35.5. The molecule has 2 amide bonds. The fraction of sp³-hybridized carbons (Fsp3) is 0.429. The number of halogens is 8. The molecule has 4 aromatic rings. The van der Waals surface area contributed by atoms with Crippen molar-refractivity contribution in [1.82, 2.24) is 9.13 Å². The van der Waals surface area contributed by atoms with E-state index < -0.39 is 117 Å². The van der Waals surface area contributed by atoms with E-state index in [1.54, 1.807) is 41.5 Å². The van der Waals surface area contributed by atoms with Gasteiger partial charge in [0.15, 0.2) is 0 Å². The molecule has 0 fully saturated rings. The van der Waals surface area contributed by atoms with Gasteiger partial charge in [-0.05, 0) is 131 Å². The summed E-state index contributed by atoms with van der Waals surface area (Å²) in [6.07, 6.45) is 0.340. The number of hydrogen-bond donors (Lipinski definition) is 2. The lowest BCUT2D eigenvalue weighted by molar-refractivity contribution is -0.156. The van der Waals surface area contributed by atoms with Gasteiger partial charge in [-0.25, -0.2) is 8.78 Å². The lowest BCUT2D eigenvalue weighted by Crippen LogP contribution is -2.32. The highest BCUT2D eigenvalue weighted by Gasteiger charge is 2.39. The molecule has 0 aliphatic rings. The monoisotopic (exact) mass is 1100 g/mol. The van der Waals surface area contributed by atoms with E-state index >= 15 is 0 Å². The Labute approximate surface area is 446 Å². The van der Waals surface area contributed by atoms with Crippen LogP contribution >= 0.6 is 0 Å². The minimum Gasteiger partial charge on any atom is -0.464 e. The second-order valence-corrected chi connectivity index (χ2v) is 21.2. The highest BCUT2D eigenvalue weighted by Crippen LogP contribution is 2.36. The topological polar surface area (TPSA) is 189 Å². The number of anilines is 2. The number of benzene rings is 2. The summed E-state index contributed by atoms with van der Waals surface area (Å²) in [5.74, 6) is -4.58. The summed E-state index contributed by atoms with van der Waals surface area (Å²) in [6.45, 7) is 18.1. The van der Waals surface area contributed by atoms with Gasteiger partial charge in [-0.2, -0.15) is 26.3 Å². The standard InChI is InChI=1S/2C28H30F4N2O5/c2*1-9-27(7,14-39-25(38)26(4,5)6)13-20(35)23(36)21-15(2)22(34(8)16(21)3)24(37)33-17-10-11-19(29)18(12-17)28(30,31)32/h2*1,10-12H,13-14H2,2-8H3,(H,33,37)/t2*27-/m10/s1. The van der Waals surface area contributed by atoms with Crippen molar-refractivity contribution in [2.75, 3.05) is 23.8 Å². The number of esters is 2. The van der Waals surface area contributed by atoms with Crippen molar-refractivity contribution in [3.8, 4) is 24.7 Å². The van der Waals surface area contributed by atoms with E-state index in [1.165, 1.54) is 64.8 Å². The second-order valence-electron chi connectivity index (χ2n) is 21.2. The number of carbonyl (C=O) groups excluding carboxylic acids is 8. The van der Waals surface area contributed by atoms with Gasteiger partial charge in [-0.15, -0.1) is 12.8 Å². The van der Waals surface area contributed by atoms with Crippen LogP contribution in [0, 0.1) is 85.7 Å². The third-order valence-corrected chi connectivity index (χ3v) is 12.4. The number of Topliss-reactive ketones (excluding diaryl/α,β-unsaturated/α-hetero) is 4. The zero-order chi connectivity index (χ0) is 60.2. The van der Waals surface area contributed by atoms with E-state index in [9.17, 15) is 73.5 Å². The van der Waals surface area contributed by atoms with Gasteiger partial charge in [0.05, 0.1) is 43.9 Å². The number of nitrogens with one attached hydrogen (secondary N) is 2. The predicted molar refractivity (Wildman–Crippen MR) is 271 cm³/mol. The summed E-state index contributed by atoms with van der Waals surface area (Å²) in [5.41, 5.74) is -7.42. The molecule has 0 saturated heterocycles. The Balaban J connectivity index is 0.000000410. The van der Waals surface area contributed by atoms with E-state index in [2.05, 4.69) is 22.5 Å². The van der Waals surface area contributed by atoms with Gasteiger partial charge in [-0.3, -0.25) is 38.4 Å². The maximum atomic E-state index is 13.6. The predicted octanol–water partition coefficient (Wildman–Crippen LogP) is 10.8. The molecular formula is C56H60F8N4O10. The Morgan fingerprint density at radius 1 is 0.538 bits per heavy atom. The Morgan fingerprint density at radius 3 is 1.09 bits per heavy atom. The molecule has 0 unspecified atom stereocenters. The van der Waals surface area contributed by atoms with E-state index in [4.69, 9.17) is 22.3 Å². The highest BCUT2D eigenvalue weighted by molar-refractivity contribution is 6.45. The molecule has 78 heavy (non-hydrogen) atoms. The van der Waals surface area contributed by atoms with Crippen LogP contribution in [0.25, 0.3) is 0 Å². The molecule has 0 bridgehead atoms. The second kappa shape index (κ2) is 23.8. The molecule has 2 N–H and O–H groups in total. The SMILES string of the molecule is C#C[C@@](C)(COC(=O)C(C)(C)C)CC(=O)C(=O)c1c(C)c(C(=O)Nc2ccc(F)c(C(F)(F)F)c2)n(C)c1C.C#C[C@](C)(COC(=O)C(C)(C)C)CC(=O)C(=O)c1c(C)c(C(=O)Nc2ccc(F)c(C(F)(F)F)c2)n(C)c1C. The van der Waals surface area contributed by atoms with Crippen molar-refractivity contribution in [1.29, 1.82) is 0 Å². The molecule has 0 saturated carbocycles. The average molecular weight is 1100 g/mol. The number of terminal acetylenes is 2. The fourth-order valence-corrected chi connectivity index (χ4v) is 7.61. The number of nitrogens with zero attached hydrogens (tertiary/aromatic N) is 2. The molecule has 2 atom stereocenters. The van der Waals surface area contributed by atoms with Crippen LogP contribution in [0.15, 0.2) is 36.4 Å². The number of ether oxygens (including phenoxy) is 2. The zero-order valence-electron chi connectivity index (χ0n) is 45.4. The van der Waals surface area contributed by atoms with Crippen molar-refractivity contribution < 1.29 is 83.0 Å². The third-order valence-electron chi connectivity index (χ3n) is 12.4. The van der Waals surface area contributed by atoms with Gasteiger partial charge in [0.1, 0.15) is 36.2 Å². The lowest BCUT2D eigenvalue weighted by atomic mass is 9.84. The first kappa shape index (κ1) is 64.4. The Bertz CT molecular complexity index is 2960. The molecule has 0 spiro atoms. The molecular weight excluding hydrogens is 1040 g/mol. The number of rotatable bonds is 16. The van der Waals surface area contributed by atoms with Gasteiger partial charge in [-0.1, -0.05) is 11.8 Å². The molecule has 2 aromatic heterocycles. The van der Waals surface area contributed by atoms with Crippen LogP contribution in [0.1, 0.15) is 144 Å². The van der Waals surface area contributed by atoms with E-state index in [1.807, 2.05) is 0 Å². The third kappa shape index (κ3) is 15.2. The van der Waals surface area contributed by atoms with Crippen molar-refractivity contribution in [3.63, 3.8) is 0 Å². The zero-order valence-corrected chi connectivity index (χ0v) is 45.4. The number of ketones is 4. The summed E-state index contributed by atoms with van der Waals surface area (Å²) in [5, 5.41) is 4.55. The van der Waals surface area contributed by atoms with E-state index in [0.717, 1.165) is 12.1 Å². The van der Waals surface area contributed by atoms with Crippen molar-refractivity contribution in [3.05, 3.63) is 104 Å². The molecule has 14 nitrogen and oxygen atoms in total. The lowest BCUT2D eigenvalue weighted by Gasteiger charge is -2.25. The molecule has 2 aromatic carbocycles. The summed E-state index contributed by atoms with van der Waals surface area (Å²) in [6, 6.07) is 4.02. The normalized spacial score (nSPS) is 13.3. The largest absolute Gasteiger partial charge is 0.464 e. The molecule has 0 radical (unpaired) electrons. The van der Waals surface area contributed by atoms with Gasteiger partial charge < -0.3 is 29.2 Å². The van der Waals surface area contributed by atoms with Crippen LogP contribution in [-0.4, -0.2) is 69.2 Å². The van der Waals surface area contributed by atoms with Crippen molar-refractivity contribution in [2.24, 2.45) is 35.8 Å². The number of hydrogen-bond acceptors (Lipinski definition) is 10. The quantitative estimate of drug-likeness (QED) is 0.0359. The Hall–Kier alpha value is -7.88. The number of amides is 2. The minimum atomic E-state index is -4.97. The summed E-state index contributed by atoms with van der Waals surface area (Å²) in [4.78, 5) is 103. The smallest absolute Gasteiger partial charge is 0.419 e. The summed E-state index contributed by atoms with van der Waals surface area (Å²) < 4.78 is 119. The Kier molecular flexibility index (Phi) is 19.6. The van der Waals surface area contributed by atoms with Crippen LogP contribution < -0.4 is 10.6 Å². The first-order valence-electron chi connectivity index (χ1n) is 23.6. The van der Waals surface area contributed by atoms with Crippen LogP contribution in [-0.2, 0) is 55.1 Å². The van der Waals surface area contributed by atoms with Gasteiger partial charge in [0.25, 0.3) is 11.8 Å². The van der Waals surface area contributed by atoms with Gasteiger partial charge in [0, 0.05) is 49.7 Å². The van der Waals surface area contributed by atoms with Crippen LogP contribution in [0.5, 0.6) is 0 Å². The number of alkyl halides is 6. The fourth-order valence-electron chi connectivity index (χ4n) is 7.61. The van der Waals surface area contributed by atoms with E-state index in [-0.39, 0.29) is 69.6 Å². The maximum absolute atomic E-state index is 13.6. The molecule has 4 rings (SSSR count). The van der Waals surface area contributed by atoms with Crippen LogP contribution in [0.3, 0.4) is 0 Å². The summed E-state index contributed by atoms with van der Waals surface area (Å²) in [7, 11) is 2.89. The van der Waals surface area contributed by atoms with E-state index in [0.29, 0.717) is 24.3 Å². The molecule has 2 heterocycles. The minimum absolute atomic E-state index is 0.0613. The Morgan fingerprint density at radius 2 is 0.833 bits per heavy atom. The maximum Gasteiger partial charge on any atom is 0.419 e. The molecule has 0 aliphatic heterocycles. The van der Waals surface area contributed by atoms with Crippen LogP contribution in [0.2, 0.25) is 0 Å². The number of carbonyl (C=O) groups is 8. The van der Waals surface area contributed by atoms with Gasteiger partial charge >= 0.3 is 24.3 Å². The summed E-state index contributed by atoms with van der Waals surface area (Å²) >= 11 is 0. The first-order valence-corrected chi connectivity index (χ1v) is 23.6. The molecule has 22 heteroatoms. The average Bonchev–Trinajstić information content (AvgIpc) is 3.69. The molecule has 420 valence electrons.